The Kier molecular flexibility index (Phi) is 16.5. The van der Waals surface area contributed by atoms with E-state index in [1.807, 2.05) is 0 Å². The molecule has 13 heteroatoms. The van der Waals surface area contributed by atoms with Gasteiger partial charge in [-0.15, -0.1) is 0 Å². The van der Waals surface area contributed by atoms with E-state index in [0.29, 0.717) is 31.3 Å². The van der Waals surface area contributed by atoms with Crippen LogP contribution in [0.1, 0.15) is 24.3 Å². The minimum absolute atomic E-state index is 0. The summed E-state index contributed by atoms with van der Waals surface area (Å²) in [7, 11) is 0. The van der Waals surface area contributed by atoms with Gasteiger partial charge in [0.05, 0.1) is 46.0 Å². The fraction of sp³-hybridized carbons (Fsp3) is 0.136. The fourth-order valence-corrected chi connectivity index (χ4v) is 3.43. The van der Waals surface area contributed by atoms with Crippen molar-refractivity contribution in [2.45, 2.75) is 13.5 Å². The molecule has 7 nitrogen and oxygen atoms in total. The zero-order valence-corrected chi connectivity index (χ0v) is 24.0. The van der Waals surface area contributed by atoms with Crippen molar-refractivity contribution >= 4 is 61.1 Å². The number of aromatic nitrogens is 4. The maximum absolute atomic E-state index is 10.5. The third-order valence-electron chi connectivity index (χ3n) is 3.87. The van der Waals surface area contributed by atoms with Crippen molar-refractivity contribution < 1.29 is 46.0 Å². The van der Waals surface area contributed by atoms with E-state index in [2.05, 4.69) is 10.2 Å². The minimum Gasteiger partial charge on any atom is -1.00 e. The molecule has 0 saturated heterocycles. The van der Waals surface area contributed by atoms with Crippen molar-refractivity contribution in [1.29, 1.82) is 0 Å². The molecule has 179 valence electrons. The molecule has 2 heterocycles. The first kappa shape index (κ1) is 33.7. The quantitative estimate of drug-likeness (QED) is 0.293. The molecule has 0 amide bonds. The second kappa shape index (κ2) is 17.2. The molecule has 2 N–H and O–H groups in total. The predicted octanol–water partition coefficient (Wildman–Crippen LogP) is 2.40. The average Bonchev–Trinajstić information content (AvgIpc) is 3.44. The first-order valence-corrected chi connectivity index (χ1v) is 11.0. The van der Waals surface area contributed by atoms with Crippen LogP contribution in [0.2, 0.25) is 20.1 Å². The zero-order valence-electron chi connectivity index (χ0n) is 19.9. The van der Waals surface area contributed by atoms with Gasteiger partial charge >= 0.3 is 29.6 Å². The van der Waals surface area contributed by atoms with Crippen molar-refractivity contribution in [3.05, 3.63) is 92.4 Å². The van der Waals surface area contributed by atoms with Gasteiger partial charge in [-0.25, -0.2) is 9.36 Å². The van der Waals surface area contributed by atoms with E-state index in [9.17, 15) is 4.79 Å². The Bertz CT molecular complexity index is 1210. The molecule has 4 rings (SSSR count). The van der Waals surface area contributed by atoms with Crippen LogP contribution in [-0.2, 0) is 6.61 Å². The van der Waals surface area contributed by atoms with Gasteiger partial charge in [-0.1, -0.05) is 46.4 Å². The van der Waals surface area contributed by atoms with Gasteiger partial charge in [-0.05, 0) is 43.3 Å². The van der Waals surface area contributed by atoms with Gasteiger partial charge in [0.15, 0.2) is 6.29 Å². The summed E-state index contributed by atoms with van der Waals surface area (Å²) in [5.41, 5.74) is 2.66. The molecule has 0 saturated carbocycles. The summed E-state index contributed by atoms with van der Waals surface area (Å²) < 4.78 is 3.13. The number of aldehydes is 1. The van der Waals surface area contributed by atoms with Gasteiger partial charge in [-0.3, -0.25) is 4.79 Å². The number of aliphatic hydroxyl groups excluding tert-OH is 2. The van der Waals surface area contributed by atoms with E-state index in [0.717, 1.165) is 17.5 Å². The molecule has 2 aromatic carbocycles. The molecular formula is C22H21BCl4N4NaO3. The fourth-order valence-electron chi connectivity index (χ4n) is 2.44. The summed E-state index contributed by atoms with van der Waals surface area (Å²) >= 11 is 23.5. The SMILES string of the molecule is CCO.O=Cc1cnn(-c2ccc(Cl)cc2Cl)c1.OCc1cnn(-c2ccc(Cl)cc2Cl)c1.[B].[H-].[Na+]. The maximum atomic E-state index is 10.5. The van der Waals surface area contributed by atoms with Crippen molar-refractivity contribution in [3.63, 3.8) is 0 Å². The van der Waals surface area contributed by atoms with Crippen molar-refractivity contribution in [2.75, 3.05) is 6.61 Å². The van der Waals surface area contributed by atoms with Crippen LogP contribution >= 0.6 is 46.4 Å². The third kappa shape index (κ3) is 10.3. The molecule has 0 aliphatic carbocycles. The number of rotatable bonds is 4. The molecular weight excluding hydrogens is 544 g/mol. The molecule has 0 aliphatic heterocycles. The van der Waals surface area contributed by atoms with Gasteiger partial charge in [0, 0.05) is 43.0 Å². The summed E-state index contributed by atoms with van der Waals surface area (Å²) in [6, 6.07) is 10.2. The van der Waals surface area contributed by atoms with Gasteiger partial charge in [-0.2, -0.15) is 10.2 Å². The van der Waals surface area contributed by atoms with Crippen LogP contribution in [0.4, 0.5) is 0 Å². The molecule has 4 aromatic rings. The van der Waals surface area contributed by atoms with Crippen molar-refractivity contribution in [1.82, 2.24) is 19.6 Å². The number of hydrogen-bond donors (Lipinski definition) is 2. The second-order valence-electron chi connectivity index (χ2n) is 6.30. The van der Waals surface area contributed by atoms with E-state index in [4.69, 9.17) is 56.6 Å². The smallest absolute Gasteiger partial charge is 1.00 e. The number of halogens is 4. The molecule has 0 spiro atoms. The van der Waals surface area contributed by atoms with E-state index in [1.165, 1.54) is 10.9 Å². The van der Waals surface area contributed by atoms with E-state index >= 15 is 0 Å². The summed E-state index contributed by atoms with van der Waals surface area (Å²) in [5, 5.41) is 26.7. The average molecular weight is 565 g/mol. The van der Waals surface area contributed by atoms with Crippen LogP contribution in [-0.4, -0.2) is 51.1 Å². The molecule has 2 aromatic heterocycles. The number of benzene rings is 2. The minimum atomic E-state index is -0.0365. The van der Waals surface area contributed by atoms with Crippen LogP contribution < -0.4 is 29.6 Å². The molecule has 0 unspecified atom stereocenters. The standard InChI is InChI=1S/C10H8Cl2N2O.C10H6Cl2N2O.C2H6O.B.Na.H/c2*11-8-1-2-10(9(12)3-8)14-5-7(6-15)4-13-14;1-2-3;;;/h1-5,15H,6H2;1-6H;3H,2H2,1H3;;;/q;;;;+1;-1. The van der Waals surface area contributed by atoms with E-state index < -0.39 is 0 Å². The first-order chi connectivity index (χ1) is 15.8. The number of carbonyl (C=O) groups is 1. The van der Waals surface area contributed by atoms with Crippen LogP contribution in [0.25, 0.3) is 11.4 Å². The monoisotopic (exact) mass is 563 g/mol. The zero-order chi connectivity index (χ0) is 24.4. The molecule has 35 heavy (non-hydrogen) atoms. The van der Waals surface area contributed by atoms with E-state index in [1.54, 1.807) is 66.6 Å². The van der Waals surface area contributed by atoms with Crippen LogP contribution in [0.15, 0.2) is 61.2 Å². The molecule has 0 fully saturated rings. The normalized spacial score (nSPS) is 9.46. The van der Waals surface area contributed by atoms with Crippen LogP contribution in [0.5, 0.6) is 0 Å². The largest absolute Gasteiger partial charge is 1.00 e. The Morgan fingerprint density at radius 2 is 1.34 bits per heavy atom. The van der Waals surface area contributed by atoms with Gasteiger partial charge in [0.2, 0.25) is 0 Å². The molecule has 0 atom stereocenters. The Morgan fingerprint density at radius 1 is 0.886 bits per heavy atom. The Morgan fingerprint density at radius 3 is 1.71 bits per heavy atom. The number of carbonyl (C=O) groups excluding carboxylic acids is 1. The summed E-state index contributed by atoms with van der Waals surface area (Å²) in [4.78, 5) is 10.5. The maximum Gasteiger partial charge on any atom is 1.00 e. The van der Waals surface area contributed by atoms with Gasteiger partial charge < -0.3 is 11.6 Å². The number of aliphatic hydroxyl groups is 2. The van der Waals surface area contributed by atoms with Crippen molar-refractivity contribution in [2.24, 2.45) is 0 Å². The molecule has 3 radical (unpaired) electrons. The Balaban J connectivity index is 0. The number of nitrogens with zero attached hydrogens (tertiary/aromatic N) is 4. The second-order valence-corrected chi connectivity index (χ2v) is 7.98. The predicted molar refractivity (Wildman–Crippen MR) is 138 cm³/mol. The topological polar surface area (TPSA) is 93.2 Å². The van der Waals surface area contributed by atoms with Crippen molar-refractivity contribution in [3.8, 4) is 11.4 Å². The van der Waals surface area contributed by atoms with Crippen LogP contribution in [0, 0.1) is 0 Å². The first-order valence-electron chi connectivity index (χ1n) is 9.48. The van der Waals surface area contributed by atoms with Crippen LogP contribution in [0.3, 0.4) is 0 Å². The Hall–Kier alpha value is -1.33. The Labute approximate surface area is 248 Å². The third-order valence-corrected chi connectivity index (χ3v) is 4.95. The summed E-state index contributed by atoms with van der Waals surface area (Å²) in [6.07, 6.45) is 7.10. The summed E-state index contributed by atoms with van der Waals surface area (Å²) in [6.45, 7) is 1.89. The molecule has 0 aliphatic rings. The van der Waals surface area contributed by atoms with Gasteiger partial charge in [0.1, 0.15) is 0 Å². The van der Waals surface area contributed by atoms with Gasteiger partial charge in [0.25, 0.3) is 0 Å². The molecule has 0 bridgehead atoms. The number of hydrogen-bond acceptors (Lipinski definition) is 5. The van der Waals surface area contributed by atoms with E-state index in [-0.39, 0.29) is 52.6 Å². The summed E-state index contributed by atoms with van der Waals surface area (Å²) in [5.74, 6) is 0.